The summed E-state index contributed by atoms with van der Waals surface area (Å²) in [7, 11) is 0. The molecule has 4 aliphatic rings. The minimum absolute atomic E-state index is 0.0516. The summed E-state index contributed by atoms with van der Waals surface area (Å²) >= 11 is 0. The molecule has 7 atom stereocenters. The minimum Gasteiger partial charge on any atom is -0.382 e. The molecule has 0 aromatic heterocycles. The van der Waals surface area contributed by atoms with E-state index in [-0.39, 0.29) is 16.6 Å². The third-order valence-electron chi connectivity index (χ3n) is 9.09. The van der Waals surface area contributed by atoms with Crippen molar-refractivity contribution in [2.45, 2.75) is 84.2 Å². The number of hydrogen-bond donors (Lipinski definition) is 1. The molecule has 0 heterocycles. The lowest BCUT2D eigenvalue weighted by atomic mass is 9.44. The van der Waals surface area contributed by atoms with Crippen molar-refractivity contribution in [3.63, 3.8) is 0 Å². The van der Waals surface area contributed by atoms with Crippen LogP contribution in [0.15, 0.2) is 0 Å². The molecular formula is C21H32O3. The number of ketones is 2. The third kappa shape index (κ3) is 2.06. The van der Waals surface area contributed by atoms with Crippen molar-refractivity contribution in [3.05, 3.63) is 0 Å². The Morgan fingerprint density at radius 3 is 2.50 bits per heavy atom. The van der Waals surface area contributed by atoms with Crippen LogP contribution in [0, 0.1) is 34.5 Å². The normalized spacial score (nSPS) is 53.9. The highest BCUT2D eigenvalue weighted by atomic mass is 16.3. The molecule has 0 radical (unpaired) electrons. The second kappa shape index (κ2) is 5.16. The van der Waals surface area contributed by atoms with Crippen LogP contribution in [-0.2, 0) is 9.59 Å². The zero-order valence-corrected chi connectivity index (χ0v) is 15.4. The zero-order chi connectivity index (χ0) is 17.3. The molecule has 24 heavy (non-hydrogen) atoms. The Morgan fingerprint density at radius 1 is 1.04 bits per heavy atom. The molecule has 0 spiro atoms. The molecule has 3 heteroatoms. The molecule has 0 saturated heterocycles. The van der Waals surface area contributed by atoms with Gasteiger partial charge < -0.3 is 5.11 Å². The van der Waals surface area contributed by atoms with Gasteiger partial charge in [0.15, 0.2) is 5.78 Å². The van der Waals surface area contributed by atoms with E-state index in [9.17, 15) is 14.7 Å². The zero-order valence-electron chi connectivity index (χ0n) is 15.4. The van der Waals surface area contributed by atoms with Gasteiger partial charge in [-0.1, -0.05) is 13.8 Å². The molecule has 7 unspecified atom stereocenters. The Labute approximate surface area is 145 Å². The molecule has 4 aliphatic carbocycles. The molecule has 0 amide bonds. The second-order valence-corrected chi connectivity index (χ2v) is 9.87. The highest BCUT2D eigenvalue weighted by Crippen LogP contribution is 2.66. The summed E-state index contributed by atoms with van der Waals surface area (Å²) in [6.07, 6.45) is 8.64. The molecule has 0 aromatic carbocycles. The predicted octanol–water partition coefficient (Wildman–Crippen LogP) is 3.92. The fourth-order valence-electron chi connectivity index (χ4n) is 7.34. The summed E-state index contributed by atoms with van der Waals surface area (Å²) in [6.45, 7) is 6.20. The van der Waals surface area contributed by atoms with Gasteiger partial charge in [-0.05, 0) is 87.4 Å². The topological polar surface area (TPSA) is 54.4 Å². The van der Waals surface area contributed by atoms with E-state index < -0.39 is 5.60 Å². The Bertz CT molecular complexity index is 584. The molecule has 4 saturated carbocycles. The maximum atomic E-state index is 12.5. The molecule has 0 bridgehead atoms. The van der Waals surface area contributed by atoms with Crippen molar-refractivity contribution in [1.82, 2.24) is 0 Å². The van der Waals surface area contributed by atoms with Crippen LogP contribution in [0.1, 0.15) is 78.6 Å². The van der Waals surface area contributed by atoms with Crippen LogP contribution in [0.4, 0.5) is 0 Å². The van der Waals surface area contributed by atoms with Gasteiger partial charge >= 0.3 is 0 Å². The lowest BCUT2D eigenvalue weighted by molar-refractivity contribution is -0.165. The van der Waals surface area contributed by atoms with E-state index >= 15 is 0 Å². The molecule has 134 valence electrons. The van der Waals surface area contributed by atoms with Gasteiger partial charge in [0, 0.05) is 11.8 Å². The van der Waals surface area contributed by atoms with Crippen LogP contribution in [-0.4, -0.2) is 22.3 Å². The first-order valence-electron chi connectivity index (χ1n) is 9.97. The van der Waals surface area contributed by atoms with E-state index in [4.69, 9.17) is 0 Å². The van der Waals surface area contributed by atoms with Gasteiger partial charge in [-0.2, -0.15) is 0 Å². The number of hydrogen-bond acceptors (Lipinski definition) is 3. The smallest absolute Gasteiger partial charge is 0.161 e. The summed E-state index contributed by atoms with van der Waals surface area (Å²) in [5.74, 6) is 2.85. The van der Waals surface area contributed by atoms with Crippen LogP contribution in [0.25, 0.3) is 0 Å². The maximum Gasteiger partial charge on any atom is 0.161 e. The van der Waals surface area contributed by atoms with E-state index in [0.717, 1.165) is 38.5 Å². The second-order valence-electron chi connectivity index (χ2n) is 9.87. The van der Waals surface area contributed by atoms with Gasteiger partial charge in [-0.3, -0.25) is 9.59 Å². The van der Waals surface area contributed by atoms with Crippen molar-refractivity contribution in [2.75, 3.05) is 0 Å². The van der Waals surface area contributed by atoms with Crippen molar-refractivity contribution in [3.8, 4) is 0 Å². The molecule has 0 aromatic rings. The van der Waals surface area contributed by atoms with Gasteiger partial charge in [-0.25, -0.2) is 0 Å². The summed E-state index contributed by atoms with van der Waals surface area (Å²) < 4.78 is 0. The molecule has 0 aliphatic heterocycles. The van der Waals surface area contributed by atoms with Crippen LogP contribution >= 0.6 is 0 Å². The van der Waals surface area contributed by atoms with Crippen molar-refractivity contribution < 1.29 is 14.7 Å². The number of aliphatic hydroxyl groups is 1. The van der Waals surface area contributed by atoms with E-state index in [1.807, 2.05) is 0 Å². The first-order chi connectivity index (χ1) is 11.2. The van der Waals surface area contributed by atoms with Gasteiger partial charge in [0.1, 0.15) is 11.4 Å². The van der Waals surface area contributed by atoms with Crippen LogP contribution < -0.4 is 0 Å². The first-order valence-corrected chi connectivity index (χ1v) is 9.97. The number of carbonyl (C=O) groups is 2. The maximum absolute atomic E-state index is 12.5. The number of fused-ring (bicyclic) bond motifs is 5. The fourth-order valence-corrected chi connectivity index (χ4v) is 7.34. The van der Waals surface area contributed by atoms with Gasteiger partial charge in [-0.15, -0.1) is 0 Å². The summed E-state index contributed by atoms with van der Waals surface area (Å²) in [4.78, 5) is 24.4. The fraction of sp³-hybridized carbons (Fsp3) is 0.905. The summed E-state index contributed by atoms with van der Waals surface area (Å²) in [6, 6.07) is 0. The molecule has 4 rings (SSSR count). The molecular weight excluding hydrogens is 300 g/mol. The van der Waals surface area contributed by atoms with Gasteiger partial charge in [0.25, 0.3) is 0 Å². The third-order valence-corrected chi connectivity index (χ3v) is 9.09. The Kier molecular flexibility index (Phi) is 3.60. The van der Waals surface area contributed by atoms with E-state index in [0.29, 0.717) is 42.3 Å². The molecule has 4 fully saturated rings. The van der Waals surface area contributed by atoms with Crippen molar-refractivity contribution in [2.24, 2.45) is 34.5 Å². The van der Waals surface area contributed by atoms with E-state index in [1.54, 1.807) is 6.92 Å². The number of carbonyl (C=O) groups excluding carboxylic acids is 2. The van der Waals surface area contributed by atoms with E-state index in [2.05, 4.69) is 13.8 Å². The first kappa shape index (κ1) is 16.8. The Morgan fingerprint density at radius 2 is 1.79 bits per heavy atom. The predicted molar refractivity (Wildman–Crippen MR) is 92.4 cm³/mol. The molecule has 3 nitrogen and oxygen atoms in total. The molecule has 1 N–H and O–H groups in total. The van der Waals surface area contributed by atoms with Crippen molar-refractivity contribution >= 4 is 11.6 Å². The number of Topliss-reactive ketones (excluding diaryl/α,β-unsaturated/α-hetero) is 2. The van der Waals surface area contributed by atoms with Crippen LogP contribution in [0.5, 0.6) is 0 Å². The average Bonchev–Trinajstić information content (AvgIpc) is 2.84. The quantitative estimate of drug-likeness (QED) is 0.792. The van der Waals surface area contributed by atoms with Gasteiger partial charge in [0.05, 0.1) is 0 Å². The Balaban J connectivity index is 1.61. The lowest BCUT2D eigenvalue weighted by Crippen LogP contribution is -2.57. The lowest BCUT2D eigenvalue weighted by Gasteiger charge is -2.61. The SMILES string of the molecule is CC(=O)C1(O)CCC2(C)C(CCC3C4CCC(=O)C4(C)CCC32)C1. The summed E-state index contributed by atoms with van der Waals surface area (Å²) in [5.41, 5.74) is -0.889. The van der Waals surface area contributed by atoms with E-state index in [1.165, 1.54) is 6.42 Å². The van der Waals surface area contributed by atoms with Crippen LogP contribution in [0.2, 0.25) is 0 Å². The monoisotopic (exact) mass is 332 g/mol. The Hall–Kier alpha value is -0.700. The standard InChI is InChI=1S/C21H32O3/c1-13(22)21(24)11-10-19(2)14(12-21)4-5-15-16-6-7-18(23)20(16,3)9-8-17(15)19/h14-17,24H,4-12H2,1-3H3. The summed E-state index contributed by atoms with van der Waals surface area (Å²) in [5, 5.41) is 10.7. The van der Waals surface area contributed by atoms with Crippen molar-refractivity contribution in [1.29, 1.82) is 0 Å². The minimum atomic E-state index is -1.08. The highest BCUT2D eigenvalue weighted by Gasteiger charge is 2.61. The number of rotatable bonds is 1. The largest absolute Gasteiger partial charge is 0.382 e. The average molecular weight is 332 g/mol. The van der Waals surface area contributed by atoms with Gasteiger partial charge in [0.2, 0.25) is 0 Å². The highest BCUT2D eigenvalue weighted by molar-refractivity contribution is 5.87. The van der Waals surface area contributed by atoms with Crippen LogP contribution in [0.3, 0.4) is 0 Å².